The Morgan fingerprint density at radius 1 is 1.28 bits per heavy atom. The van der Waals surface area contributed by atoms with Gasteiger partial charge in [-0.1, -0.05) is 26.7 Å². The fourth-order valence-electron chi connectivity index (χ4n) is 2.90. The Morgan fingerprint density at radius 3 is 2.56 bits per heavy atom. The van der Waals surface area contributed by atoms with Crippen LogP contribution in [-0.2, 0) is 10.0 Å². The molecule has 1 aliphatic carbocycles. The Hall–Kier alpha value is -0.130. The van der Waals surface area contributed by atoms with E-state index in [9.17, 15) is 8.42 Å². The van der Waals surface area contributed by atoms with Crippen molar-refractivity contribution >= 4 is 10.0 Å². The number of rotatable bonds is 8. The number of hydrogen-bond acceptors (Lipinski definition) is 3. The van der Waals surface area contributed by atoms with Crippen LogP contribution in [0.1, 0.15) is 46.0 Å². The molecule has 0 aliphatic heterocycles. The van der Waals surface area contributed by atoms with E-state index in [1.807, 2.05) is 6.92 Å². The van der Waals surface area contributed by atoms with Gasteiger partial charge < -0.3 is 5.32 Å². The van der Waals surface area contributed by atoms with Crippen LogP contribution in [-0.4, -0.2) is 44.7 Å². The summed E-state index contributed by atoms with van der Waals surface area (Å²) < 4.78 is 24.4. The minimum absolute atomic E-state index is 0.569. The van der Waals surface area contributed by atoms with Gasteiger partial charge in [-0.25, -0.2) is 12.7 Å². The highest BCUT2D eigenvalue weighted by atomic mass is 32.2. The second-order valence-corrected chi connectivity index (χ2v) is 7.25. The maximum Gasteiger partial charge on any atom is 0.211 e. The average molecular weight is 276 g/mol. The van der Waals surface area contributed by atoms with Crippen molar-refractivity contribution in [3.05, 3.63) is 0 Å². The topological polar surface area (TPSA) is 49.4 Å². The molecule has 0 aromatic rings. The molecular weight excluding hydrogens is 248 g/mol. The molecule has 1 N–H and O–H groups in total. The van der Waals surface area contributed by atoms with Gasteiger partial charge in [-0.3, -0.25) is 0 Å². The van der Waals surface area contributed by atoms with Crippen LogP contribution in [0.5, 0.6) is 0 Å². The summed E-state index contributed by atoms with van der Waals surface area (Å²) >= 11 is 0. The third kappa shape index (κ3) is 4.86. The van der Waals surface area contributed by atoms with Gasteiger partial charge in [-0.15, -0.1) is 0 Å². The summed E-state index contributed by atoms with van der Waals surface area (Å²) in [6.45, 7) is 6.27. The lowest BCUT2D eigenvalue weighted by molar-refractivity contribution is 0.370. The summed E-state index contributed by atoms with van der Waals surface area (Å²) in [5, 5.41) is 3.59. The first kappa shape index (κ1) is 15.9. The molecule has 0 amide bonds. The van der Waals surface area contributed by atoms with Gasteiger partial charge in [0.1, 0.15) is 0 Å². The first-order chi connectivity index (χ1) is 8.49. The van der Waals surface area contributed by atoms with Crippen molar-refractivity contribution in [2.45, 2.75) is 52.0 Å². The Morgan fingerprint density at radius 2 is 2.00 bits per heavy atom. The highest BCUT2D eigenvalue weighted by Gasteiger charge is 2.24. The zero-order chi connectivity index (χ0) is 13.6. The van der Waals surface area contributed by atoms with E-state index >= 15 is 0 Å². The molecule has 1 aliphatic rings. The summed E-state index contributed by atoms with van der Waals surface area (Å²) in [5.41, 5.74) is 0. The van der Waals surface area contributed by atoms with Gasteiger partial charge in [-0.05, 0) is 31.7 Å². The summed E-state index contributed by atoms with van der Waals surface area (Å²) in [6.07, 6.45) is 7.39. The van der Waals surface area contributed by atoms with Gasteiger partial charge in [0, 0.05) is 19.1 Å². The summed E-state index contributed by atoms with van der Waals surface area (Å²) in [6, 6.07) is 0.656. The van der Waals surface area contributed by atoms with Crippen LogP contribution in [0.15, 0.2) is 0 Å². The first-order valence-corrected chi connectivity index (χ1v) is 9.02. The second kappa shape index (κ2) is 7.46. The van der Waals surface area contributed by atoms with Crippen LogP contribution in [0.3, 0.4) is 0 Å². The van der Waals surface area contributed by atoms with Gasteiger partial charge in [0.2, 0.25) is 10.0 Å². The number of hydrogen-bond donors (Lipinski definition) is 1. The molecule has 0 saturated heterocycles. The highest BCUT2D eigenvalue weighted by molar-refractivity contribution is 7.88. The normalized spacial score (nSPS) is 24.9. The van der Waals surface area contributed by atoms with Gasteiger partial charge >= 0.3 is 0 Å². The molecule has 108 valence electrons. The maximum absolute atomic E-state index is 11.4. The first-order valence-electron chi connectivity index (χ1n) is 7.17. The minimum atomic E-state index is -3.02. The third-order valence-corrected chi connectivity index (χ3v) is 5.37. The lowest BCUT2D eigenvalue weighted by atomic mass is 10.0. The molecule has 0 aromatic carbocycles. The van der Waals surface area contributed by atoms with E-state index in [1.54, 1.807) is 4.31 Å². The number of sulfonamides is 1. The van der Waals surface area contributed by atoms with Crippen LogP contribution in [0, 0.1) is 5.92 Å². The van der Waals surface area contributed by atoms with Gasteiger partial charge in [-0.2, -0.15) is 0 Å². The quantitative estimate of drug-likeness (QED) is 0.688. The van der Waals surface area contributed by atoms with E-state index in [0.29, 0.717) is 19.1 Å². The summed E-state index contributed by atoms with van der Waals surface area (Å²) in [7, 11) is -3.02. The van der Waals surface area contributed by atoms with E-state index in [0.717, 1.165) is 18.9 Å². The Bertz CT molecular complexity index is 330. The molecule has 2 atom stereocenters. The van der Waals surface area contributed by atoms with Crippen molar-refractivity contribution in [2.75, 3.05) is 25.9 Å². The van der Waals surface area contributed by atoms with Crippen molar-refractivity contribution in [2.24, 2.45) is 5.92 Å². The predicted molar refractivity (Wildman–Crippen MR) is 76.1 cm³/mol. The average Bonchev–Trinajstić information content (AvgIpc) is 2.74. The van der Waals surface area contributed by atoms with Crippen molar-refractivity contribution in [3.63, 3.8) is 0 Å². The second-order valence-electron chi connectivity index (χ2n) is 5.27. The van der Waals surface area contributed by atoms with E-state index in [1.165, 1.54) is 31.9 Å². The molecular formula is C13H28N2O2S. The number of nitrogens with zero attached hydrogens (tertiary/aromatic N) is 1. The molecule has 0 heterocycles. The smallest absolute Gasteiger partial charge is 0.211 e. The lowest BCUT2D eigenvalue weighted by Gasteiger charge is -2.21. The highest BCUT2D eigenvalue weighted by Crippen LogP contribution is 2.27. The Kier molecular flexibility index (Phi) is 6.60. The van der Waals surface area contributed by atoms with Crippen molar-refractivity contribution in [1.82, 2.24) is 9.62 Å². The van der Waals surface area contributed by atoms with Gasteiger partial charge in [0.05, 0.1) is 6.26 Å². The zero-order valence-electron chi connectivity index (χ0n) is 12.0. The molecule has 1 fully saturated rings. The monoisotopic (exact) mass is 276 g/mol. The molecule has 0 aromatic heterocycles. The lowest BCUT2D eigenvalue weighted by Crippen LogP contribution is -2.36. The minimum Gasteiger partial charge on any atom is -0.314 e. The van der Waals surface area contributed by atoms with E-state index in [4.69, 9.17) is 0 Å². The van der Waals surface area contributed by atoms with Gasteiger partial charge in [0.25, 0.3) is 0 Å². The zero-order valence-corrected chi connectivity index (χ0v) is 12.8. The summed E-state index contributed by atoms with van der Waals surface area (Å²) in [4.78, 5) is 0. The Balaban J connectivity index is 2.22. The van der Waals surface area contributed by atoms with Crippen molar-refractivity contribution < 1.29 is 8.42 Å². The van der Waals surface area contributed by atoms with Crippen LogP contribution in [0.4, 0.5) is 0 Å². The van der Waals surface area contributed by atoms with Crippen LogP contribution >= 0.6 is 0 Å². The summed E-state index contributed by atoms with van der Waals surface area (Å²) in [5.74, 6) is 0.821. The van der Waals surface area contributed by atoms with E-state index in [-0.39, 0.29) is 0 Å². The molecule has 18 heavy (non-hydrogen) atoms. The molecule has 1 saturated carbocycles. The number of nitrogens with one attached hydrogen (secondary N) is 1. The van der Waals surface area contributed by atoms with Crippen LogP contribution in [0.2, 0.25) is 0 Å². The molecule has 4 nitrogen and oxygen atoms in total. The molecule has 0 spiro atoms. The van der Waals surface area contributed by atoms with Crippen molar-refractivity contribution in [3.8, 4) is 0 Å². The van der Waals surface area contributed by atoms with E-state index < -0.39 is 10.0 Å². The molecule has 5 heteroatoms. The molecule has 1 rings (SSSR count). The third-order valence-electron chi connectivity index (χ3n) is 4.00. The fourth-order valence-corrected chi connectivity index (χ4v) is 3.83. The van der Waals surface area contributed by atoms with Crippen molar-refractivity contribution in [1.29, 1.82) is 0 Å². The maximum atomic E-state index is 11.4. The predicted octanol–water partition coefficient (Wildman–Crippen LogP) is 1.83. The van der Waals surface area contributed by atoms with Crippen LogP contribution in [0.25, 0.3) is 0 Å². The largest absolute Gasteiger partial charge is 0.314 e. The van der Waals surface area contributed by atoms with Crippen LogP contribution < -0.4 is 5.32 Å². The molecule has 0 bridgehead atoms. The van der Waals surface area contributed by atoms with Gasteiger partial charge in [0.15, 0.2) is 0 Å². The Labute approximate surface area is 112 Å². The SMILES string of the molecule is CCC1CCCC1NCCCN(CC)S(C)(=O)=O. The molecule has 0 radical (unpaired) electrons. The van der Waals surface area contributed by atoms with E-state index in [2.05, 4.69) is 12.2 Å². The standard InChI is InChI=1S/C13H28N2O2S/c1-4-12-8-6-9-13(12)14-10-7-11-15(5-2)18(3,16)17/h12-14H,4-11H2,1-3H3. The fraction of sp³-hybridized carbons (Fsp3) is 1.00. The molecule has 2 unspecified atom stereocenters.